The van der Waals surface area contributed by atoms with Crippen molar-refractivity contribution in [2.24, 2.45) is 0 Å². The summed E-state index contributed by atoms with van der Waals surface area (Å²) in [5, 5.41) is 9.60. The quantitative estimate of drug-likeness (QED) is 0.833. The van der Waals surface area contributed by atoms with Gasteiger partial charge in [0.2, 0.25) is 0 Å². The minimum absolute atomic E-state index is 0.0492. The second kappa shape index (κ2) is 6.58. The van der Waals surface area contributed by atoms with Crippen LogP contribution in [0.2, 0.25) is 0 Å². The van der Waals surface area contributed by atoms with Gasteiger partial charge < -0.3 is 9.84 Å². The van der Waals surface area contributed by atoms with Crippen LogP contribution in [0.1, 0.15) is 29.9 Å². The van der Waals surface area contributed by atoms with Gasteiger partial charge >= 0.3 is 12.1 Å². The molecule has 4 rings (SSSR count). The lowest BCUT2D eigenvalue weighted by molar-refractivity contribution is -0.145. The van der Waals surface area contributed by atoms with Crippen LogP contribution in [0, 0.1) is 0 Å². The van der Waals surface area contributed by atoms with Gasteiger partial charge in [0.25, 0.3) is 0 Å². The van der Waals surface area contributed by atoms with E-state index < -0.39 is 17.6 Å². The number of carbonyl (C=O) groups is 2. The maximum atomic E-state index is 12.7. The topological polar surface area (TPSA) is 66.8 Å². The van der Waals surface area contributed by atoms with Gasteiger partial charge in [-0.3, -0.25) is 4.90 Å². The van der Waals surface area contributed by atoms with E-state index in [-0.39, 0.29) is 12.5 Å². The van der Waals surface area contributed by atoms with E-state index in [2.05, 4.69) is 30.8 Å². The maximum absolute atomic E-state index is 12.7. The zero-order valence-electron chi connectivity index (χ0n) is 14.9. The molecule has 1 aliphatic heterocycles. The van der Waals surface area contributed by atoms with E-state index in [9.17, 15) is 14.7 Å². The van der Waals surface area contributed by atoms with Crippen LogP contribution in [0.4, 0.5) is 4.79 Å². The van der Waals surface area contributed by atoms with Crippen molar-refractivity contribution in [3.63, 3.8) is 0 Å². The third kappa shape index (κ3) is 2.62. The number of fused-ring (bicyclic) bond motifs is 3. The molecule has 1 amide bonds. The van der Waals surface area contributed by atoms with Gasteiger partial charge in [0.15, 0.2) is 5.54 Å². The predicted octanol–water partition coefficient (Wildman–Crippen LogP) is 4.04. The predicted molar refractivity (Wildman–Crippen MR) is 102 cm³/mol. The summed E-state index contributed by atoms with van der Waals surface area (Å²) in [4.78, 5) is 25.7. The number of amides is 1. The first-order valence-corrected chi connectivity index (χ1v) is 9.08. The number of hydrogen-bond donors (Lipinski definition) is 1. The van der Waals surface area contributed by atoms with Gasteiger partial charge in [0, 0.05) is 12.5 Å². The fourth-order valence-electron chi connectivity index (χ4n) is 4.29. The summed E-state index contributed by atoms with van der Waals surface area (Å²) in [6.07, 6.45) is 1.71. The molecule has 1 N–H and O–H groups in total. The molecule has 0 bridgehead atoms. The van der Waals surface area contributed by atoms with Crippen molar-refractivity contribution in [2.45, 2.75) is 24.3 Å². The van der Waals surface area contributed by atoms with E-state index >= 15 is 0 Å². The average Bonchev–Trinajstić information content (AvgIpc) is 3.27. The van der Waals surface area contributed by atoms with E-state index in [1.165, 1.54) is 11.0 Å². The normalized spacial score (nSPS) is 20.8. The summed E-state index contributed by atoms with van der Waals surface area (Å²) in [5.74, 6) is -1.12. The first-order chi connectivity index (χ1) is 13.1. The molecule has 5 nitrogen and oxygen atoms in total. The molecule has 1 saturated heterocycles. The van der Waals surface area contributed by atoms with Crippen LogP contribution in [0.25, 0.3) is 11.1 Å². The largest absolute Gasteiger partial charge is 0.479 e. The zero-order chi connectivity index (χ0) is 19.0. The Balaban J connectivity index is 1.56. The highest BCUT2D eigenvalue weighted by Crippen LogP contribution is 2.44. The van der Waals surface area contributed by atoms with Gasteiger partial charge in [-0.15, -0.1) is 6.58 Å². The Morgan fingerprint density at radius 1 is 1.15 bits per heavy atom. The number of nitrogens with zero attached hydrogens (tertiary/aromatic N) is 1. The van der Waals surface area contributed by atoms with Crippen LogP contribution in [0.3, 0.4) is 0 Å². The average molecular weight is 363 g/mol. The van der Waals surface area contributed by atoms with Crippen LogP contribution in [-0.4, -0.2) is 40.8 Å². The molecule has 2 aromatic carbocycles. The summed E-state index contributed by atoms with van der Waals surface area (Å²) in [5.41, 5.74) is 3.19. The Bertz CT molecular complexity index is 877. The van der Waals surface area contributed by atoms with E-state index in [1.54, 1.807) is 0 Å². The number of carbonyl (C=O) groups excluding carboxylic acids is 1. The zero-order valence-corrected chi connectivity index (χ0v) is 14.9. The van der Waals surface area contributed by atoms with Crippen molar-refractivity contribution < 1.29 is 19.4 Å². The third-order valence-corrected chi connectivity index (χ3v) is 5.69. The van der Waals surface area contributed by atoms with Crippen LogP contribution in [-0.2, 0) is 9.53 Å². The van der Waals surface area contributed by atoms with Crippen molar-refractivity contribution in [1.29, 1.82) is 0 Å². The Morgan fingerprint density at radius 2 is 1.74 bits per heavy atom. The number of carboxylic acid groups (broad SMARTS) is 1. The lowest BCUT2D eigenvalue weighted by atomic mass is 9.97. The van der Waals surface area contributed by atoms with Gasteiger partial charge in [-0.25, -0.2) is 9.59 Å². The minimum atomic E-state index is -1.37. The molecule has 0 aromatic heterocycles. The second-order valence-electron chi connectivity index (χ2n) is 6.99. The molecule has 27 heavy (non-hydrogen) atoms. The fourth-order valence-corrected chi connectivity index (χ4v) is 4.29. The summed E-state index contributed by atoms with van der Waals surface area (Å²) >= 11 is 0. The van der Waals surface area contributed by atoms with Gasteiger partial charge in [-0.1, -0.05) is 54.6 Å². The van der Waals surface area contributed by atoms with Crippen molar-refractivity contribution >= 4 is 12.1 Å². The Labute approximate surface area is 157 Å². The first kappa shape index (κ1) is 17.3. The van der Waals surface area contributed by atoms with Gasteiger partial charge in [-0.2, -0.15) is 0 Å². The molecule has 5 heteroatoms. The van der Waals surface area contributed by atoms with Crippen molar-refractivity contribution in [1.82, 2.24) is 4.90 Å². The van der Waals surface area contributed by atoms with E-state index in [1.807, 2.05) is 24.3 Å². The maximum Gasteiger partial charge on any atom is 0.411 e. The number of benzene rings is 2. The molecule has 0 unspecified atom stereocenters. The summed E-state index contributed by atoms with van der Waals surface area (Å²) in [6, 6.07) is 16.2. The highest BCUT2D eigenvalue weighted by Gasteiger charge is 2.48. The monoisotopic (exact) mass is 363 g/mol. The number of hydrogen-bond acceptors (Lipinski definition) is 3. The number of rotatable bonds is 4. The van der Waals surface area contributed by atoms with Gasteiger partial charge in [-0.05, 0) is 35.1 Å². The van der Waals surface area contributed by atoms with Crippen LogP contribution >= 0.6 is 0 Å². The lowest BCUT2D eigenvalue weighted by Gasteiger charge is -2.31. The SMILES string of the molecule is C=C[C@@]1(C(=O)O)CCCN1C(=O)OCC1c2ccccc2-c2ccccc21. The van der Waals surface area contributed by atoms with Gasteiger partial charge in [0.05, 0.1) is 0 Å². The molecular weight excluding hydrogens is 342 g/mol. The molecule has 2 aliphatic rings. The summed E-state index contributed by atoms with van der Waals surface area (Å²) in [6.45, 7) is 4.17. The Kier molecular flexibility index (Phi) is 4.22. The molecule has 0 spiro atoms. The number of likely N-dealkylation sites (tertiary alicyclic amines) is 1. The third-order valence-electron chi connectivity index (χ3n) is 5.69. The Hall–Kier alpha value is -3.08. The highest BCUT2D eigenvalue weighted by molar-refractivity contribution is 5.87. The van der Waals surface area contributed by atoms with Crippen molar-refractivity contribution in [3.05, 3.63) is 72.3 Å². The van der Waals surface area contributed by atoms with Crippen LogP contribution in [0.15, 0.2) is 61.2 Å². The highest BCUT2D eigenvalue weighted by atomic mass is 16.6. The molecule has 138 valence electrons. The fraction of sp³-hybridized carbons (Fsp3) is 0.273. The van der Waals surface area contributed by atoms with E-state index in [0.29, 0.717) is 19.4 Å². The molecule has 0 saturated carbocycles. The lowest BCUT2D eigenvalue weighted by Crippen LogP contribution is -2.51. The summed E-state index contributed by atoms with van der Waals surface area (Å²) in [7, 11) is 0. The molecule has 1 heterocycles. The smallest absolute Gasteiger partial charge is 0.411 e. The van der Waals surface area contributed by atoms with Crippen LogP contribution in [0.5, 0.6) is 0 Å². The van der Waals surface area contributed by atoms with E-state index in [4.69, 9.17) is 4.74 Å². The minimum Gasteiger partial charge on any atom is -0.479 e. The number of carboxylic acids is 1. The van der Waals surface area contributed by atoms with E-state index in [0.717, 1.165) is 22.3 Å². The number of ether oxygens (including phenoxy) is 1. The molecule has 1 fully saturated rings. The first-order valence-electron chi connectivity index (χ1n) is 9.08. The molecule has 0 radical (unpaired) electrons. The van der Waals surface area contributed by atoms with Gasteiger partial charge in [0.1, 0.15) is 6.61 Å². The van der Waals surface area contributed by atoms with Crippen molar-refractivity contribution in [3.8, 4) is 11.1 Å². The van der Waals surface area contributed by atoms with Crippen LogP contribution < -0.4 is 0 Å². The second-order valence-corrected chi connectivity index (χ2v) is 6.99. The molecule has 1 aliphatic carbocycles. The molecular formula is C22H21NO4. The molecule has 2 aromatic rings. The van der Waals surface area contributed by atoms with Crippen molar-refractivity contribution in [2.75, 3.05) is 13.2 Å². The Morgan fingerprint density at radius 3 is 2.30 bits per heavy atom. The molecule has 1 atom stereocenters. The summed E-state index contributed by atoms with van der Waals surface area (Å²) < 4.78 is 5.61. The number of aliphatic carboxylic acids is 1. The standard InChI is InChI=1S/C22H21NO4/c1-2-22(20(24)25)12-7-13-23(22)21(26)27-14-19-17-10-5-3-8-15(17)16-9-4-6-11-18(16)19/h2-6,8-11,19H,1,7,12-14H2,(H,24,25)/t22-/m0/s1.